The van der Waals surface area contributed by atoms with Gasteiger partial charge in [0.2, 0.25) is 5.82 Å². The van der Waals surface area contributed by atoms with Gasteiger partial charge in [0.05, 0.1) is 32.7 Å². The van der Waals surface area contributed by atoms with Crippen LogP contribution in [0.2, 0.25) is 0 Å². The van der Waals surface area contributed by atoms with Gasteiger partial charge in [0.15, 0.2) is 0 Å². The minimum Gasteiger partial charge on any atom is -0.360 e. The highest BCUT2D eigenvalue weighted by Crippen LogP contribution is 2.23. The summed E-state index contributed by atoms with van der Waals surface area (Å²) in [6, 6.07) is 13.4. The molecule has 0 radical (unpaired) electrons. The van der Waals surface area contributed by atoms with Crippen molar-refractivity contribution in [3.05, 3.63) is 70.8 Å². The van der Waals surface area contributed by atoms with E-state index in [9.17, 15) is 4.39 Å². The quantitative estimate of drug-likeness (QED) is 0.635. The van der Waals surface area contributed by atoms with Crippen LogP contribution in [0, 0.1) is 19.7 Å². The van der Waals surface area contributed by atoms with Crippen molar-refractivity contribution >= 4 is 5.69 Å². The molecule has 2 heterocycles. The van der Waals surface area contributed by atoms with Crippen molar-refractivity contribution in [2.24, 2.45) is 0 Å². The maximum Gasteiger partial charge on any atom is 0.209 e. The molecule has 7 heteroatoms. The maximum absolute atomic E-state index is 13.3. The molecule has 1 aliphatic rings. The van der Waals surface area contributed by atoms with Gasteiger partial charge in [-0.1, -0.05) is 37.6 Å². The van der Waals surface area contributed by atoms with Gasteiger partial charge in [0.1, 0.15) is 11.9 Å². The Bertz CT molecular complexity index is 992. The molecule has 1 aliphatic heterocycles. The molecule has 31 heavy (non-hydrogen) atoms. The van der Waals surface area contributed by atoms with Gasteiger partial charge in [-0.3, -0.25) is 0 Å². The zero-order valence-corrected chi connectivity index (χ0v) is 18.7. The van der Waals surface area contributed by atoms with E-state index in [4.69, 9.17) is 0 Å². The molecule has 1 fully saturated rings. The van der Waals surface area contributed by atoms with Gasteiger partial charge in [-0.2, -0.15) is 0 Å². The Morgan fingerprint density at radius 1 is 1.06 bits per heavy atom. The zero-order valence-electron chi connectivity index (χ0n) is 18.7. The Morgan fingerprint density at radius 3 is 2.52 bits per heavy atom. The number of anilines is 1. The lowest BCUT2D eigenvalue weighted by molar-refractivity contribution is -0.933. The molecule has 0 unspecified atom stereocenters. The van der Waals surface area contributed by atoms with Gasteiger partial charge in [-0.25, -0.2) is 9.07 Å². The van der Waals surface area contributed by atoms with Crippen LogP contribution in [0.15, 0.2) is 42.5 Å². The Hall–Kier alpha value is -2.80. The summed E-state index contributed by atoms with van der Waals surface area (Å²) in [4.78, 5) is 4.05. The summed E-state index contributed by atoms with van der Waals surface area (Å²) in [6.45, 7) is 11.3. The minimum absolute atomic E-state index is 0.226. The summed E-state index contributed by atoms with van der Waals surface area (Å²) in [5, 5.41) is 12.7. The number of hydrogen-bond donors (Lipinski definition) is 1. The molecule has 0 amide bonds. The first-order chi connectivity index (χ1) is 15.1. The molecule has 1 atom stereocenters. The molecule has 0 aliphatic carbocycles. The Labute approximate surface area is 183 Å². The summed E-state index contributed by atoms with van der Waals surface area (Å²) in [5.41, 5.74) is 5.07. The average molecular weight is 424 g/mol. The van der Waals surface area contributed by atoms with Gasteiger partial charge in [-0.15, -0.1) is 5.10 Å². The second-order valence-corrected chi connectivity index (χ2v) is 8.53. The number of rotatable bonds is 7. The molecule has 1 saturated heterocycles. The van der Waals surface area contributed by atoms with E-state index in [-0.39, 0.29) is 11.9 Å². The van der Waals surface area contributed by atoms with Gasteiger partial charge in [-0.05, 0) is 59.2 Å². The Balaban J connectivity index is 1.48. The number of aromatic nitrogens is 4. The summed E-state index contributed by atoms with van der Waals surface area (Å²) >= 11 is 0. The third kappa shape index (κ3) is 4.77. The summed E-state index contributed by atoms with van der Waals surface area (Å²) in [6.07, 6.45) is 2.13. The van der Waals surface area contributed by atoms with Crippen molar-refractivity contribution in [2.45, 2.75) is 46.2 Å². The lowest BCUT2D eigenvalue weighted by Gasteiger charge is -2.37. The maximum atomic E-state index is 13.3. The van der Waals surface area contributed by atoms with E-state index < -0.39 is 0 Å². The van der Waals surface area contributed by atoms with Crippen LogP contribution in [0.5, 0.6) is 0 Å². The van der Waals surface area contributed by atoms with E-state index >= 15 is 0 Å². The third-order valence-corrected chi connectivity index (χ3v) is 6.51. The van der Waals surface area contributed by atoms with Crippen molar-refractivity contribution in [3.63, 3.8) is 0 Å². The molecule has 3 aromatic rings. The second-order valence-electron chi connectivity index (χ2n) is 8.53. The lowest BCUT2D eigenvalue weighted by Crippen LogP contribution is -3.15. The Morgan fingerprint density at radius 2 is 1.81 bits per heavy atom. The highest BCUT2D eigenvalue weighted by molar-refractivity contribution is 5.56. The fourth-order valence-corrected chi connectivity index (χ4v) is 4.60. The molecule has 1 N–H and O–H groups in total. The van der Waals surface area contributed by atoms with E-state index in [0.717, 1.165) is 50.4 Å². The van der Waals surface area contributed by atoms with Crippen molar-refractivity contribution in [1.82, 2.24) is 20.2 Å². The van der Waals surface area contributed by atoms with Gasteiger partial charge >= 0.3 is 0 Å². The van der Waals surface area contributed by atoms with Crippen LogP contribution in [0.25, 0.3) is 0 Å². The molecular formula is C24H32FN6+. The number of benzene rings is 2. The first-order valence-corrected chi connectivity index (χ1v) is 11.2. The first kappa shape index (κ1) is 21.4. The largest absolute Gasteiger partial charge is 0.360 e. The van der Waals surface area contributed by atoms with E-state index in [0.29, 0.717) is 6.54 Å². The number of nitrogens with zero attached hydrogens (tertiary/aromatic N) is 5. The van der Waals surface area contributed by atoms with Crippen molar-refractivity contribution in [1.29, 1.82) is 0 Å². The predicted molar refractivity (Wildman–Crippen MR) is 120 cm³/mol. The smallest absolute Gasteiger partial charge is 0.209 e. The van der Waals surface area contributed by atoms with Crippen molar-refractivity contribution in [3.8, 4) is 0 Å². The van der Waals surface area contributed by atoms with Crippen LogP contribution < -0.4 is 9.80 Å². The normalized spacial score (nSPS) is 15.9. The van der Waals surface area contributed by atoms with Crippen LogP contribution in [-0.2, 0) is 6.54 Å². The monoisotopic (exact) mass is 423 g/mol. The highest BCUT2D eigenvalue weighted by atomic mass is 19.1. The number of nitrogens with one attached hydrogen (secondary N) is 1. The molecule has 6 nitrogen and oxygen atoms in total. The van der Waals surface area contributed by atoms with Crippen LogP contribution in [0.4, 0.5) is 10.1 Å². The van der Waals surface area contributed by atoms with Crippen LogP contribution >= 0.6 is 0 Å². The topological polar surface area (TPSA) is 51.3 Å². The standard InChI is InChI=1S/C24H31FN6/c1-4-6-23(24-26-27-28-31(24)17-20-9-11-21(25)12-10-20)30-15-13-29(14-16-30)22-8-5-7-18(2)19(22)3/h5,7-12,23H,4,6,13-17H2,1-3H3/p+1/t23-/m1/s1. The number of quaternary nitrogens is 1. The van der Waals surface area contributed by atoms with Crippen LogP contribution in [0.3, 0.4) is 0 Å². The van der Waals surface area contributed by atoms with Crippen molar-refractivity contribution in [2.75, 3.05) is 31.1 Å². The molecule has 0 bridgehead atoms. The van der Waals surface area contributed by atoms with Crippen LogP contribution in [0.1, 0.15) is 48.3 Å². The number of tetrazole rings is 1. The van der Waals surface area contributed by atoms with Gasteiger partial charge in [0.25, 0.3) is 0 Å². The number of aryl methyl sites for hydroxylation is 1. The predicted octanol–water partition coefficient (Wildman–Crippen LogP) is 2.72. The number of hydrogen-bond acceptors (Lipinski definition) is 4. The molecule has 0 saturated carbocycles. The van der Waals surface area contributed by atoms with Crippen molar-refractivity contribution < 1.29 is 9.29 Å². The lowest BCUT2D eigenvalue weighted by atomic mass is 10.1. The Kier molecular flexibility index (Phi) is 6.61. The summed E-state index contributed by atoms with van der Waals surface area (Å²) in [7, 11) is 0. The second kappa shape index (κ2) is 9.56. The van der Waals surface area contributed by atoms with Gasteiger partial charge in [0, 0.05) is 12.1 Å². The van der Waals surface area contributed by atoms with Gasteiger partial charge < -0.3 is 9.80 Å². The molecule has 2 aromatic carbocycles. The average Bonchev–Trinajstić information content (AvgIpc) is 3.23. The van der Waals surface area contributed by atoms with E-state index in [2.05, 4.69) is 59.4 Å². The third-order valence-electron chi connectivity index (χ3n) is 6.51. The molecule has 0 spiro atoms. The zero-order chi connectivity index (χ0) is 21.8. The molecule has 1 aromatic heterocycles. The van der Waals surface area contributed by atoms with E-state index in [1.807, 2.05) is 4.68 Å². The number of halogens is 1. The molecular weight excluding hydrogens is 391 g/mol. The minimum atomic E-state index is -0.226. The van der Waals surface area contributed by atoms with E-state index in [1.54, 1.807) is 17.0 Å². The molecule has 4 rings (SSSR count). The summed E-state index contributed by atoms with van der Waals surface area (Å²) < 4.78 is 15.1. The number of piperazine rings is 1. The fraction of sp³-hybridized carbons (Fsp3) is 0.458. The SMILES string of the molecule is CCC[C@H](c1nnnn1Cc1ccc(F)cc1)[NH+]1CCN(c2cccc(C)c2C)CC1. The highest BCUT2D eigenvalue weighted by Gasteiger charge is 2.32. The summed E-state index contributed by atoms with van der Waals surface area (Å²) in [5.74, 6) is 0.706. The van der Waals surface area contributed by atoms with Crippen LogP contribution in [-0.4, -0.2) is 46.4 Å². The first-order valence-electron chi connectivity index (χ1n) is 11.2. The van der Waals surface area contributed by atoms with E-state index in [1.165, 1.54) is 28.9 Å². The fourth-order valence-electron chi connectivity index (χ4n) is 4.60. The molecule has 164 valence electrons.